The van der Waals surface area contributed by atoms with Crippen LogP contribution in [-0.4, -0.2) is 34.5 Å². The van der Waals surface area contributed by atoms with Gasteiger partial charge in [0.05, 0.1) is 29.4 Å². The van der Waals surface area contributed by atoms with Crippen LogP contribution in [0, 0.1) is 0 Å². The highest BCUT2D eigenvalue weighted by molar-refractivity contribution is 7.93. The maximum Gasteiger partial charge on any atom is 0.494 e. The van der Waals surface area contributed by atoms with Gasteiger partial charge in [-0.05, 0) is 68.8 Å². The molecule has 4 rings (SSSR count). The Morgan fingerprint density at radius 1 is 1.15 bits per heavy atom. The van der Waals surface area contributed by atoms with Gasteiger partial charge < -0.3 is 14.3 Å². The summed E-state index contributed by atoms with van der Waals surface area (Å²) < 4.78 is 22.5. The highest BCUT2D eigenvalue weighted by atomic mass is 32.2. The van der Waals surface area contributed by atoms with E-state index in [4.69, 9.17) is 9.31 Å². The molecule has 0 radical (unpaired) electrons. The van der Waals surface area contributed by atoms with Gasteiger partial charge in [0.15, 0.2) is 0 Å². The van der Waals surface area contributed by atoms with Gasteiger partial charge in [0, 0.05) is 18.4 Å². The van der Waals surface area contributed by atoms with Gasteiger partial charge in [-0.25, -0.2) is 4.98 Å². The quantitative estimate of drug-likeness (QED) is 0.774. The highest BCUT2D eigenvalue weighted by Crippen LogP contribution is 2.37. The highest BCUT2D eigenvalue weighted by Gasteiger charge is 2.51. The van der Waals surface area contributed by atoms with E-state index in [1.165, 1.54) is 23.0 Å². The second-order valence-corrected chi connectivity index (χ2v) is 8.14. The third kappa shape index (κ3) is 4.15. The Balaban J connectivity index is 0.000000659. The Morgan fingerprint density at radius 2 is 1.81 bits per heavy atom. The minimum atomic E-state index is -0.304. The molecule has 1 N–H and O–H groups in total. The minimum absolute atomic E-state index is 0.250. The minimum Gasteiger partial charge on any atom is -0.399 e. The maximum absolute atomic E-state index is 10.2. The number of hydrogen-bond donors (Lipinski definition) is 1. The van der Waals surface area contributed by atoms with Crippen molar-refractivity contribution in [2.45, 2.75) is 51.7 Å². The van der Waals surface area contributed by atoms with Crippen molar-refractivity contribution in [1.29, 1.82) is 0 Å². The molecule has 0 atom stereocenters. The molecule has 1 saturated heterocycles. The molecular weight excluding hydrogens is 362 g/mol. The zero-order chi connectivity index (χ0) is 19.7. The molecule has 144 valence electrons. The third-order valence-corrected chi connectivity index (χ3v) is 5.53. The second kappa shape index (κ2) is 7.82. The molecule has 7 heteroatoms. The zero-order valence-electron chi connectivity index (χ0n) is 16.5. The average molecular weight is 388 g/mol. The zero-order valence-corrected chi connectivity index (χ0v) is 17.3. The summed E-state index contributed by atoms with van der Waals surface area (Å²) in [5.74, 6) is 0. The van der Waals surface area contributed by atoms with E-state index in [0.29, 0.717) is 0 Å². The van der Waals surface area contributed by atoms with E-state index in [0.717, 1.165) is 24.0 Å². The monoisotopic (exact) mass is 388 g/mol. The molecule has 0 spiro atoms. The van der Waals surface area contributed by atoms with E-state index < -0.39 is 0 Å². The van der Waals surface area contributed by atoms with Crippen molar-refractivity contribution in [3.8, 4) is 0 Å². The summed E-state index contributed by atoms with van der Waals surface area (Å²) >= 11 is 0.250. The molecule has 4 nitrogen and oxygen atoms in total. The molecule has 0 bridgehead atoms. The molecule has 1 aliphatic carbocycles. The number of hydrogen-bond acceptors (Lipinski definition) is 4. The Kier molecular flexibility index (Phi) is 5.84. The number of aromatic nitrogens is 2. The number of H-pyrrole nitrogens is 1. The fourth-order valence-electron chi connectivity index (χ4n) is 3.28. The molecule has 2 aliphatic rings. The van der Waals surface area contributed by atoms with Gasteiger partial charge in [-0.15, -0.1) is 0 Å². The first-order chi connectivity index (χ1) is 12.8. The van der Waals surface area contributed by atoms with Crippen molar-refractivity contribution in [2.75, 3.05) is 6.26 Å². The van der Waals surface area contributed by atoms with Gasteiger partial charge in [0.2, 0.25) is 0 Å². The molecule has 0 unspecified atom stereocenters. The summed E-state index contributed by atoms with van der Waals surface area (Å²) in [6.45, 7) is 8.35. The van der Waals surface area contributed by atoms with Crippen LogP contribution < -0.4 is 5.46 Å². The summed E-state index contributed by atoms with van der Waals surface area (Å²) in [4.78, 5) is 7.31. The van der Waals surface area contributed by atoms with Crippen molar-refractivity contribution in [3.63, 3.8) is 0 Å². The molecule has 1 fully saturated rings. The number of nitrogens with zero attached hydrogens (tertiary/aromatic N) is 1. The van der Waals surface area contributed by atoms with E-state index in [9.17, 15) is 3.89 Å². The molecular formula is C20H26BFN2O2S. The molecule has 1 aromatic heterocycles. The van der Waals surface area contributed by atoms with Crippen molar-refractivity contribution < 1.29 is 13.2 Å². The SMILES string of the molecule is CC1(C)OB(c2ccc3c(c2)CCC(c2cnc[nH]2)=C3)OC1(C)C.CSF. The Bertz CT molecular complexity index is 805. The van der Waals surface area contributed by atoms with Crippen molar-refractivity contribution in [3.05, 3.63) is 47.5 Å². The Labute approximate surface area is 165 Å². The lowest BCUT2D eigenvalue weighted by Crippen LogP contribution is -2.41. The first-order valence-corrected chi connectivity index (χ1v) is 10.2. The Morgan fingerprint density at radius 3 is 2.41 bits per heavy atom. The maximum atomic E-state index is 10.2. The predicted octanol–water partition coefficient (Wildman–Crippen LogP) is 4.43. The van der Waals surface area contributed by atoms with Crippen molar-refractivity contribution in [2.24, 2.45) is 0 Å². The van der Waals surface area contributed by atoms with Crippen LogP contribution in [0.15, 0.2) is 30.7 Å². The summed E-state index contributed by atoms with van der Waals surface area (Å²) in [6, 6.07) is 6.52. The van der Waals surface area contributed by atoms with E-state index in [1.807, 2.05) is 6.20 Å². The topological polar surface area (TPSA) is 47.1 Å². The van der Waals surface area contributed by atoms with Crippen LogP contribution in [0.3, 0.4) is 0 Å². The summed E-state index contributed by atoms with van der Waals surface area (Å²) in [5.41, 5.74) is 5.53. The van der Waals surface area contributed by atoms with Crippen LogP contribution >= 0.6 is 12.1 Å². The third-order valence-electron chi connectivity index (χ3n) is 5.53. The number of fused-ring (bicyclic) bond motifs is 1. The van der Waals surface area contributed by atoms with Gasteiger partial charge >= 0.3 is 7.12 Å². The number of halogens is 1. The van der Waals surface area contributed by atoms with Crippen LogP contribution in [0.1, 0.15) is 50.9 Å². The number of imidazole rings is 1. The fraction of sp³-hybridized carbons (Fsp3) is 0.450. The first kappa shape index (κ1) is 20.2. The van der Waals surface area contributed by atoms with Gasteiger partial charge in [-0.3, -0.25) is 0 Å². The lowest BCUT2D eigenvalue weighted by Gasteiger charge is -2.32. The van der Waals surface area contributed by atoms with E-state index in [-0.39, 0.29) is 30.5 Å². The summed E-state index contributed by atoms with van der Waals surface area (Å²) in [7, 11) is -0.293. The number of rotatable bonds is 2. The Hall–Kier alpha value is -1.57. The predicted molar refractivity (Wildman–Crippen MR) is 112 cm³/mol. The van der Waals surface area contributed by atoms with Crippen LogP contribution in [-0.2, 0) is 15.7 Å². The smallest absolute Gasteiger partial charge is 0.399 e. The van der Waals surface area contributed by atoms with Crippen molar-refractivity contribution >= 4 is 36.4 Å². The largest absolute Gasteiger partial charge is 0.494 e. The second-order valence-electron chi connectivity index (χ2n) is 7.84. The standard InChI is InChI=1S/C19H23BN2O2.CH3FS/c1-18(2)19(3,4)24-20(23-18)16-8-7-13-9-15(6-5-14(13)10-16)17-11-21-12-22-17;1-3-2/h7-12H,5-6H2,1-4H3,(H,21,22);1H3. The van der Waals surface area contributed by atoms with Crippen LogP contribution in [0.5, 0.6) is 0 Å². The lowest BCUT2D eigenvalue weighted by molar-refractivity contribution is 0.00578. The molecule has 1 aromatic carbocycles. The number of nitrogens with one attached hydrogen (secondary N) is 1. The normalized spacial score (nSPS) is 19.8. The summed E-state index contributed by atoms with van der Waals surface area (Å²) in [6.07, 6.45) is 9.28. The molecule has 0 amide bonds. The molecule has 0 saturated carbocycles. The van der Waals surface area contributed by atoms with Crippen LogP contribution in [0.4, 0.5) is 3.89 Å². The summed E-state index contributed by atoms with van der Waals surface area (Å²) in [5, 5.41) is 0. The van der Waals surface area contributed by atoms with Crippen LogP contribution in [0.2, 0.25) is 0 Å². The van der Waals surface area contributed by atoms with E-state index in [1.54, 1.807) is 6.33 Å². The number of aryl methyl sites for hydroxylation is 1. The van der Waals surface area contributed by atoms with Crippen LogP contribution in [0.25, 0.3) is 11.6 Å². The van der Waals surface area contributed by atoms with Gasteiger partial charge in [0.25, 0.3) is 0 Å². The molecule has 27 heavy (non-hydrogen) atoms. The van der Waals surface area contributed by atoms with Crippen molar-refractivity contribution in [1.82, 2.24) is 9.97 Å². The average Bonchev–Trinajstić information content (AvgIpc) is 3.21. The first-order valence-electron chi connectivity index (χ1n) is 9.10. The number of aromatic amines is 1. The van der Waals surface area contributed by atoms with Gasteiger partial charge in [0.1, 0.15) is 0 Å². The lowest BCUT2D eigenvalue weighted by atomic mass is 9.76. The van der Waals surface area contributed by atoms with Gasteiger partial charge in [-0.2, -0.15) is 3.89 Å². The van der Waals surface area contributed by atoms with E-state index >= 15 is 0 Å². The fourth-order valence-corrected chi connectivity index (χ4v) is 3.28. The van der Waals surface area contributed by atoms with E-state index in [2.05, 4.69) is 61.9 Å². The van der Waals surface area contributed by atoms with Gasteiger partial charge in [-0.1, -0.05) is 18.2 Å². The molecule has 1 aliphatic heterocycles. The number of benzene rings is 1. The number of allylic oxidation sites excluding steroid dienone is 1. The molecule has 2 heterocycles. The molecule has 2 aromatic rings.